The van der Waals surface area contributed by atoms with E-state index in [1.165, 1.54) is 0 Å². The van der Waals surface area contributed by atoms with Gasteiger partial charge in [-0.3, -0.25) is 4.79 Å². The average molecular weight is 262 g/mol. The van der Waals surface area contributed by atoms with E-state index in [0.717, 1.165) is 30.6 Å². The first-order valence-electron chi connectivity index (χ1n) is 6.80. The normalized spacial score (nSPS) is 15.9. The van der Waals surface area contributed by atoms with Crippen molar-refractivity contribution in [1.29, 1.82) is 0 Å². The van der Waals surface area contributed by atoms with Crippen LogP contribution in [0.15, 0.2) is 24.3 Å². The standard InChI is InChI=1S/C15H22N2O2/c1-11(16)9-12-5-3-4-6-14(12)19-10-15(18)17(2)13-7-8-13/h3-6,11,13H,7-10,16H2,1-2H3. The highest BCUT2D eigenvalue weighted by atomic mass is 16.5. The minimum Gasteiger partial charge on any atom is -0.483 e. The number of rotatable bonds is 6. The molecule has 0 saturated heterocycles. The summed E-state index contributed by atoms with van der Waals surface area (Å²) in [5, 5.41) is 0. The molecule has 0 radical (unpaired) electrons. The molecule has 1 amide bonds. The largest absolute Gasteiger partial charge is 0.483 e. The van der Waals surface area contributed by atoms with E-state index in [1.54, 1.807) is 4.90 Å². The predicted molar refractivity (Wildman–Crippen MR) is 75.1 cm³/mol. The second-order valence-corrected chi connectivity index (χ2v) is 5.31. The van der Waals surface area contributed by atoms with Crippen LogP contribution in [0.1, 0.15) is 25.3 Å². The smallest absolute Gasteiger partial charge is 0.260 e. The monoisotopic (exact) mass is 262 g/mol. The highest BCUT2D eigenvalue weighted by molar-refractivity contribution is 5.78. The van der Waals surface area contributed by atoms with Crippen molar-refractivity contribution in [2.75, 3.05) is 13.7 Å². The van der Waals surface area contributed by atoms with Crippen molar-refractivity contribution in [3.05, 3.63) is 29.8 Å². The van der Waals surface area contributed by atoms with Gasteiger partial charge in [0.25, 0.3) is 5.91 Å². The zero-order chi connectivity index (χ0) is 13.8. The van der Waals surface area contributed by atoms with Crippen LogP contribution in [-0.4, -0.2) is 36.5 Å². The fourth-order valence-electron chi connectivity index (χ4n) is 2.07. The van der Waals surface area contributed by atoms with Crippen molar-refractivity contribution in [3.63, 3.8) is 0 Å². The number of amides is 1. The minimum absolute atomic E-state index is 0.0399. The average Bonchev–Trinajstić information content (AvgIpc) is 3.20. The van der Waals surface area contributed by atoms with Crippen LogP contribution in [0.2, 0.25) is 0 Å². The fourth-order valence-corrected chi connectivity index (χ4v) is 2.07. The molecule has 1 aliphatic carbocycles. The Bertz CT molecular complexity index is 442. The molecule has 0 aliphatic heterocycles. The topological polar surface area (TPSA) is 55.6 Å². The number of benzene rings is 1. The maximum Gasteiger partial charge on any atom is 0.260 e. The molecule has 104 valence electrons. The van der Waals surface area contributed by atoms with E-state index in [-0.39, 0.29) is 18.6 Å². The van der Waals surface area contributed by atoms with E-state index in [1.807, 2.05) is 38.2 Å². The Morgan fingerprint density at radius 1 is 1.47 bits per heavy atom. The lowest BCUT2D eigenvalue weighted by Gasteiger charge is -2.18. The molecule has 2 N–H and O–H groups in total. The Kier molecular flexibility index (Phi) is 4.43. The predicted octanol–water partition coefficient (Wildman–Crippen LogP) is 1.58. The van der Waals surface area contributed by atoms with E-state index in [9.17, 15) is 4.79 Å². The van der Waals surface area contributed by atoms with Crippen LogP contribution >= 0.6 is 0 Å². The first-order chi connectivity index (χ1) is 9.08. The molecule has 1 unspecified atom stereocenters. The van der Waals surface area contributed by atoms with Crippen molar-refractivity contribution < 1.29 is 9.53 Å². The lowest BCUT2D eigenvalue weighted by atomic mass is 10.1. The van der Waals surface area contributed by atoms with Gasteiger partial charge in [-0.15, -0.1) is 0 Å². The molecule has 1 fully saturated rings. The summed E-state index contributed by atoms with van der Waals surface area (Å²) in [6, 6.07) is 8.26. The van der Waals surface area contributed by atoms with Gasteiger partial charge in [-0.1, -0.05) is 18.2 Å². The Morgan fingerprint density at radius 2 is 2.16 bits per heavy atom. The van der Waals surface area contributed by atoms with Gasteiger partial charge in [-0.25, -0.2) is 0 Å². The summed E-state index contributed by atoms with van der Waals surface area (Å²) in [7, 11) is 1.84. The lowest BCUT2D eigenvalue weighted by Crippen LogP contribution is -2.33. The molecule has 0 bridgehead atoms. The second kappa shape index (κ2) is 6.06. The van der Waals surface area contributed by atoms with Gasteiger partial charge in [0.15, 0.2) is 6.61 Å². The van der Waals surface area contributed by atoms with Gasteiger partial charge in [0, 0.05) is 19.1 Å². The third-order valence-corrected chi connectivity index (χ3v) is 3.35. The number of para-hydroxylation sites is 1. The first-order valence-corrected chi connectivity index (χ1v) is 6.80. The summed E-state index contributed by atoms with van der Waals surface area (Å²) < 4.78 is 5.65. The molecule has 0 aromatic heterocycles. The number of nitrogens with two attached hydrogens (primary N) is 1. The molecule has 0 heterocycles. The van der Waals surface area contributed by atoms with E-state index in [0.29, 0.717) is 6.04 Å². The maximum absolute atomic E-state index is 11.9. The number of carbonyl (C=O) groups is 1. The van der Waals surface area contributed by atoms with Gasteiger partial charge < -0.3 is 15.4 Å². The SMILES string of the molecule is CC(N)Cc1ccccc1OCC(=O)N(C)C1CC1. The van der Waals surface area contributed by atoms with Gasteiger partial charge in [0.2, 0.25) is 0 Å². The lowest BCUT2D eigenvalue weighted by molar-refractivity contribution is -0.132. The number of hydrogen-bond acceptors (Lipinski definition) is 3. The van der Waals surface area contributed by atoms with Crippen LogP contribution in [0.3, 0.4) is 0 Å². The molecule has 1 aliphatic rings. The van der Waals surface area contributed by atoms with E-state index in [4.69, 9.17) is 10.5 Å². The van der Waals surface area contributed by atoms with E-state index in [2.05, 4.69) is 0 Å². The van der Waals surface area contributed by atoms with Gasteiger partial charge in [-0.2, -0.15) is 0 Å². The Hall–Kier alpha value is -1.55. The number of nitrogens with zero attached hydrogens (tertiary/aromatic N) is 1. The second-order valence-electron chi connectivity index (χ2n) is 5.31. The summed E-state index contributed by atoms with van der Waals surface area (Å²) in [6.07, 6.45) is 2.98. The third-order valence-electron chi connectivity index (χ3n) is 3.35. The number of likely N-dealkylation sites (N-methyl/N-ethyl adjacent to an activating group) is 1. The summed E-state index contributed by atoms with van der Waals surface area (Å²) in [5.74, 6) is 0.801. The summed E-state index contributed by atoms with van der Waals surface area (Å²) in [6.45, 7) is 2.06. The van der Waals surface area contributed by atoms with Crippen molar-refractivity contribution >= 4 is 5.91 Å². The van der Waals surface area contributed by atoms with Crippen molar-refractivity contribution in [2.24, 2.45) is 5.73 Å². The molecule has 4 nitrogen and oxygen atoms in total. The molecule has 1 atom stereocenters. The molecule has 1 aromatic rings. The van der Waals surface area contributed by atoms with Crippen LogP contribution < -0.4 is 10.5 Å². The minimum atomic E-state index is 0.0399. The Labute approximate surface area is 114 Å². The fraction of sp³-hybridized carbons (Fsp3) is 0.533. The summed E-state index contributed by atoms with van der Waals surface area (Å²) in [4.78, 5) is 13.7. The maximum atomic E-state index is 11.9. The van der Waals surface area contributed by atoms with Crippen LogP contribution in [0.4, 0.5) is 0 Å². The first kappa shape index (κ1) is 13.9. The van der Waals surface area contributed by atoms with Gasteiger partial charge in [-0.05, 0) is 37.8 Å². The molecular weight excluding hydrogens is 240 g/mol. The number of ether oxygens (including phenoxy) is 1. The molecule has 19 heavy (non-hydrogen) atoms. The Balaban J connectivity index is 1.92. The summed E-state index contributed by atoms with van der Waals surface area (Å²) >= 11 is 0. The van der Waals surface area contributed by atoms with E-state index < -0.39 is 0 Å². The third kappa shape index (κ3) is 3.96. The van der Waals surface area contributed by atoms with Crippen molar-refractivity contribution in [3.8, 4) is 5.75 Å². The molecule has 4 heteroatoms. The molecule has 1 aromatic carbocycles. The quantitative estimate of drug-likeness (QED) is 0.846. The van der Waals surface area contributed by atoms with Crippen molar-refractivity contribution in [1.82, 2.24) is 4.90 Å². The van der Waals surface area contributed by atoms with Gasteiger partial charge in [0.05, 0.1) is 0 Å². The Morgan fingerprint density at radius 3 is 2.79 bits per heavy atom. The summed E-state index contributed by atoms with van der Waals surface area (Å²) in [5.41, 5.74) is 6.87. The molecule has 2 rings (SSSR count). The zero-order valence-electron chi connectivity index (χ0n) is 11.6. The van der Waals surface area contributed by atoms with Crippen LogP contribution in [0, 0.1) is 0 Å². The molecule has 0 spiro atoms. The zero-order valence-corrected chi connectivity index (χ0v) is 11.6. The van der Waals surface area contributed by atoms with Crippen LogP contribution in [-0.2, 0) is 11.2 Å². The van der Waals surface area contributed by atoms with E-state index >= 15 is 0 Å². The van der Waals surface area contributed by atoms with Gasteiger partial charge >= 0.3 is 0 Å². The highest BCUT2D eigenvalue weighted by Gasteiger charge is 2.29. The van der Waals surface area contributed by atoms with Gasteiger partial charge in [0.1, 0.15) is 5.75 Å². The highest BCUT2D eigenvalue weighted by Crippen LogP contribution is 2.25. The molecule has 1 saturated carbocycles. The number of hydrogen-bond donors (Lipinski definition) is 1. The van der Waals surface area contributed by atoms with Crippen LogP contribution in [0.25, 0.3) is 0 Å². The van der Waals surface area contributed by atoms with Crippen LogP contribution in [0.5, 0.6) is 5.75 Å². The molecular formula is C15H22N2O2. The van der Waals surface area contributed by atoms with Crippen molar-refractivity contribution in [2.45, 2.75) is 38.3 Å². The number of carbonyl (C=O) groups excluding carboxylic acids is 1.